The molecule has 0 bridgehead atoms. The summed E-state index contributed by atoms with van der Waals surface area (Å²) in [6.07, 6.45) is 1.72. The third-order valence-electron chi connectivity index (χ3n) is 2.63. The molecular weight excluding hydrogens is 442 g/mol. The normalized spacial score (nSPS) is 13.3. The lowest BCUT2D eigenvalue weighted by atomic mass is 10.3. The number of hydrogen-bond acceptors (Lipinski definition) is 5. The van der Waals surface area contributed by atoms with E-state index in [0.717, 1.165) is 9.88 Å². The molecule has 114 valence electrons. The first-order valence-corrected chi connectivity index (χ1v) is 9.78. The lowest BCUT2D eigenvalue weighted by molar-refractivity contribution is 0.565. The van der Waals surface area contributed by atoms with Crippen LogP contribution in [0.4, 0.5) is 5.69 Å². The second-order valence-corrected chi connectivity index (χ2v) is 9.09. The fraction of sp³-hybridized carbons (Fsp3) is 0.250. The number of nitrogens with one attached hydrogen (secondary N) is 1. The molecule has 0 amide bonds. The van der Waals surface area contributed by atoms with E-state index in [1.807, 2.05) is 6.92 Å². The number of anilines is 1. The molecule has 0 aliphatic carbocycles. The molecule has 0 aliphatic heterocycles. The van der Waals surface area contributed by atoms with Crippen LogP contribution in [0.15, 0.2) is 32.2 Å². The smallest absolute Gasteiger partial charge is 0.243 e. The predicted octanol–water partition coefficient (Wildman–Crippen LogP) is 3.60. The van der Waals surface area contributed by atoms with Crippen LogP contribution in [0.1, 0.15) is 22.9 Å². The molecule has 0 fully saturated rings. The van der Waals surface area contributed by atoms with Crippen molar-refractivity contribution in [2.24, 2.45) is 0 Å². The minimum Gasteiger partial charge on any atom is -0.399 e. The molecule has 0 spiro atoms. The first-order chi connectivity index (χ1) is 9.70. The average Bonchev–Trinajstić information content (AvgIpc) is 2.73. The minimum absolute atomic E-state index is 0.122. The molecule has 1 aromatic carbocycles. The van der Waals surface area contributed by atoms with E-state index < -0.39 is 16.1 Å². The number of sulfonamides is 1. The van der Waals surface area contributed by atoms with Crippen molar-refractivity contribution < 1.29 is 8.42 Å². The van der Waals surface area contributed by atoms with Gasteiger partial charge in [0.15, 0.2) is 0 Å². The van der Waals surface area contributed by atoms with Crippen molar-refractivity contribution in [1.82, 2.24) is 9.71 Å². The number of rotatable bonds is 4. The zero-order valence-corrected chi connectivity index (χ0v) is 16.0. The van der Waals surface area contributed by atoms with Crippen LogP contribution in [0.2, 0.25) is 0 Å². The Labute approximate surface area is 144 Å². The van der Waals surface area contributed by atoms with Crippen LogP contribution in [-0.4, -0.2) is 13.4 Å². The maximum Gasteiger partial charge on any atom is 0.243 e. The number of nitrogens with zero attached hydrogens (tertiary/aromatic N) is 1. The monoisotopic (exact) mass is 453 g/mol. The summed E-state index contributed by atoms with van der Waals surface area (Å²) in [5.74, 6) is 0. The third kappa shape index (κ3) is 3.84. The van der Waals surface area contributed by atoms with Gasteiger partial charge in [0.2, 0.25) is 10.0 Å². The van der Waals surface area contributed by atoms with Crippen LogP contribution in [-0.2, 0) is 10.0 Å². The van der Waals surface area contributed by atoms with E-state index in [1.54, 1.807) is 25.3 Å². The Bertz CT molecular complexity index is 752. The van der Waals surface area contributed by atoms with Crippen LogP contribution < -0.4 is 10.5 Å². The molecule has 0 aliphatic rings. The fourth-order valence-electron chi connectivity index (χ4n) is 1.75. The largest absolute Gasteiger partial charge is 0.399 e. The molecule has 2 aromatic rings. The summed E-state index contributed by atoms with van der Waals surface area (Å²) in [5.41, 5.74) is 6.15. The van der Waals surface area contributed by atoms with Gasteiger partial charge in [-0.1, -0.05) is 0 Å². The van der Waals surface area contributed by atoms with Gasteiger partial charge in [-0.3, -0.25) is 0 Å². The zero-order valence-electron chi connectivity index (χ0n) is 11.2. The molecule has 1 unspecified atom stereocenters. The van der Waals surface area contributed by atoms with Gasteiger partial charge in [-0.15, -0.1) is 11.3 Å². The molecule has 0 saturated heterocycles. The van der Waals surface area contributed by atoms with E-state index in [-0.39, 0.29) is 4.90 Å². The standard InChI is InChI=1S/C12H13Br2N3O2S2/c1-6-5-16-12(20-6)7(2)17-21(18,19)11-9(13)3-8(15)4-10(11)14/h3-5,7,17H,15H2,1-2H3. The molecule has 1 heterocycles. The van der Waals surface area contributed by atoms with Crippen molar-refractivity contribution in [2.75, 3.05) is 5.73 Å². The highest BCUT2D eigenvalue weighted by Gasteiger charge is 2.25. The zero-order chi connectivity index (χ0) is 15.8. The van der Waals surface area contributed by atoms with Crippen LogP contribution in [0.5, 0.6) is 0 Å². The Morgan fingerprint density at radius 2 is 1.90 bits per heavy atom. The quantitative estimate of drug-likeness (QED) is 0.691. The Balaban J connectivity index is 2.35. The predicted molar refractivity (Wildman–Crippen MR) is 91.8 cm³/mol. The van der Waals surface area contributed by atoms with E-state index in [9.17, 15) is 8.42 Å². The summed E-state index contributed by atoms with van der Waals surface area (Å²) >= 11 is 7.94. The van der Waals surface area contributed by atoms with Gasteiger partial charge in [-0.25, -0.2) is 18.1 Å². The average molecular weight is 455 g/mol. The van der Waals surface area contributed by atoms with Gasteiger partial charge in [0.25, 0.3) is 0 Å². The van der Waals surface area contributed by atoms with Crippen LogP contribution in [0, 0.1) is 6.92 Å². The first kappa shape index (κ1) is 16.9. The number of nitrogens with two attached hydrogens (primary N) is 1. The highest BCUT2D eigenvalue weighted by molar-refractivity contribution is 9.11. The van der Waals surface area contributed by atoms with Crippen LogP contribution in [0.25, 0.3) is 0 Å². The number of halogens is 2. The van der Waals surface area contributed by atoms with Gasteiger partial charge < -0.3 is 5.73 Å². The van der Waals surface area contributed by atoms with E-state index in [1.165, 1.54) is 11.3 Å². The molecule has 1 atom stereocenters. The second-order valence-electron chi connectivity index (χ2n) is 4.47. The van der Waals surface area contributed by atoms with Crippen molar-refractivity contribution in [3.63, 3.8) is 0 Å². The maximum absolute atomic E-state index is 12.5. The Kier molecular flexibility index (Phi) is 5.09. The lowest BCUT2D eigenvalue weighted by Crippen LogP contribution is -2.27. The van der Waals surface area contributed by atoms with Crippen molar-refractivity contribution in [3.8, 4) is 0 Å². The summed E-state index contributed by atoms with van der Waals surface area (Å²) in [4.78, 5) is 5.36. The molecule has 9 heteroatoms. The van der Waals surface area contributed by atoms with Crippen molar-refractivity contribution in [1.29, 1.82) is 0 Å². The molecule has 0 radical (unpaired) electrons. The SMILES string of the molecule is Cc1cnc(C(C)NS(=O)(=O)c2c(Br)cc(N)cc2Br)s1. The lowest BCUT2D eigenvalue weighted by Gasteiger charge is -2.14. The Morgan fingerprint density at radius 1 is 1.33 bits per heavy atom. The van der Waals surface area contributed by atoms with Crippen LogP contribution in [0.3, 0.4) is 0 Å². The molecule has 1 aromatic heterocycles. The molecule has 3 N–H and O–H groups in total. The first-order valence-electron chi connectivity index (χ1n) is 5.90. The summed E-state index contributed by atoms with van der Waals surface area (Å²) < 4.78 is 28.5. The van der Waals surface area contributed by atoms with Crippen LogP contribution >= 0.6 is 43.2 Å². The van der Waals surface area contributed by atoms with Gasteiger partial charge in [0.1, 0.15) is 9.90 Å². The Morgan fingerprint density at radius 3 is 2.38 bits per heavy atom. The van der Waals surface area contributed by atoms with Gasteiger partial charge in [-0.2, -0.15) is 0 Å². The summed E-state index contributed by atoms with van der Waals surface area (Å²) in [7, 11) is -3.71. The number of benzene rings is 1. The highest BCUT2D eigenvalue weighted by Crippen LogP contribution is 2.33. The Hall–Kier alpha value is -0.480. The molecule has 2 rings (SSSR count). The van der Waals surface area contributed by atoms with Gasteiger partial charge in [0.05, 0.1) is 6.04 Å². The minimum atomic E-state index is -3.71. The number of aryl methyl sites for hydroxylation is 1. The topological polar surface area (TPSA) is 85.1 Å². The van der Waals surface area contributed by atoms with Gasteiger partial charge in [-0.05, 0) is 57.8 Å². The molecular formula is C12H13Br2N3O2S2. The fourth-order valence-corrected chi connectivity index (χ4v) is 6.43. The second kappa shape index (κ2) is 6.33. The van der Waals surface area contributed by atoms with Crippen molar-refractivity contribution in [3.05, 3.63) is 37.2 Å². The van der Waals surface area contributed by atoms with E-state index >= 15 is 0 Å². The van der Waals surface area contributed by atoms with Crippen molar-refractivity contribution in [2.45, 2.75) is 24.8 Å². The maximum atomic E-state index is 12.5. The number of aromatic nitrogens is 1. The van der Waals surface area contributed by atoms with E-state index in [0.29, 0.717) is 14.6 Å². The number of nitrogen functional groups attached to an aromatic ring is 1. The van der Waals surface area contributed by atoms with Crippen molar-refractivity contribution >= 4 is 58.9 Å². The third-order valence-corrected chi connectivity index (χ3v) is 7.14. The highest BCUT2D eigenvalue weighted by atomic mass is 79.9. The molecule has 0 saturated carbocycles. The van der Waals surface area contributed by atoms with Gasteiger partial charge >= 0.3 is 0 Å². The van der Waals surface area contributed by atoms with Gasteiger partial charge in [0, 0.05) is 25.7 Å². The number of hydrogen-bond donors (Lipinski definition) is 2. The number of thiazole rings is 1. The summed E-state index contributed by atoms with van der Waals surface area (Å²) in [6.45, 7) is 3.68. The summed E-state index contributed by atoms with van der Waals surface area (Å²) in [5, 5.41) is 0.721. The molecule has 21 heavy (non-hydrogen) atoms. The molecule has 5 nitrogen and oxygen atoms in total. The summed E-state index contributed by atoms with van der Waals surface area (Å²) in [6, 6.07) is 2.69. The van der Waals surface area contributed by atoms with E-state index in [2.05, 4.69) is 41.6 Å². The van der Waals surface area contributed by atoms with E-state index in [4.69, 9.17) is 5.73 Å².